The number of carbonyl (C=O) groups is 1. The topological polar surface area (TPSA) is 85.1 Å². The molecule has 1 amide bonds. The summed E-state index contributed by atoms with van der Waals surface area (Å²) in [4.78, 5) is 12.8. The van der Waals surface area contributed by atoms with Crippen LogP contribution in [0.3, 0.4) is 0 Å². The number of aromatic nitrogens is 4. The minimum Gasteiger partial charge on any atom is -0.267 e. The van der Waals surface area contributed by atoms with Gasteiger partial charge in [0, 0.05) is 11.1 Å². The third-order valence-corrected chi connectivity index (χ3v) is 4.11. The van der Waals surface area contributed by atoms with E-state index in [1.165, 1.54) is 11.0 Å². The van der Waals surface area contributed by atoms with Crippen LogP contribution in [0.15, 0.2) is 96.4 Å². The Kier molecular flexibility index (Phi) is 4.97. The van der Waals surface area contributed by atoms with Crippen molar-refractivity contribution >= 4 is 11.6 Å². The lowest BCUT2D eigenvalue weighted by atomic mass is 10.0. The molecule has 0 aliphatic heterocycles. The normalized spacial score (nSPS) is 10.3. The standard InChI is InChI=1S/C21H16N6O/c28-21(18-13-7-8-14-19(18)27-15-22-25-26-27)24-23-20(16-9-3-1-4-10-16)17-11-5-2-6-12-17/h1-15H,(H,24,28). The largest absolute Gasteiger partial charge is 0.273 e. The summed E-state index contributed by atoms with van der Waals surface area (Å²) < 4.78 is 1.44. The fourth-order valence-electron chi connectivity index (χ4n) is 2.79. The van der Waals surface area contributed by atoms with Crippen LogP contribution in [0.4, 0.5) is 0 Å². The molecule has 7 nitrogen and oxygen atoms in total. The molecule has 136 valence electrons. The van der Waals surface area contributed by atoms with E-state index >= 15 is 0 Å². The zero-order chi connectivity index (χ0) is 19.2. The molecule has 4 aromatic rings. The molecule has 0 aliphatic rings. The number of amides is 1. The number of carbonyl (C=O) groups excluding carboxylic acids is 1. The first-order chi connectivity index (χ1) is 13.8. The molecule has 0 unspecified atom stereocenters. The van der Waals surface area contributed by atoms with Crippen LogP contribution in [0, 0.1) is 0 Å². The molecular weight excluding hydrogens is 352 g/mol. The monoisotopic (exact) mass is 368 g/mol. The van der Waals surface area contributed by atoms with Gasteiger partial charge in [-0.15, -0.1) is 5.10 Å². The number of benzene rings is 3. The summed E-state index contributed by atoms with van der Waals surface area (Å²) in [7, 11) is 0. The lowest BCUT2D eigenvalue weighted by molar-refractivity contribution is 0.0954. The molecule has 0 aliphatic carbocycles. The van der Waals surface area contributed by atoms with Gasteiger partial charge in [-0.1, -0.05) is 72.8 Å². The Labute approximate surface area is 161 Å². The summed E-state index contributed by atoms with van der Waals surface area (Å²) >= 11 is 0. The van der Waals surface area contributed by atoms with Crippen molar-refractivity contribution in [1.82, 2.24) is 25.6 Å². The summed E-state index contributed by atoms with van der Waals surface area (Å²) in [6, 6.07) is 26.5. The predicted molar refractivity (Wildman–Crippen MR) is 105 cm³/mol. The predicted octanol–water partition coefficient (Wildman–Crippen LogP) is 2.84. The Bertz CT molecular complexity index is 1050. The van der Waals surface area contributed by atoms with Crippen molar-refractivity contribution < 1.29 is 4.79 Å². The van der Waals surface area contributed by atoms with E-state index in [9.17, 15) is 4.79 Å². The quantitative estimate of drug-likeness (QED) is 0.434. The third kappa shape index (κ3) is 3.68. The van der Waals surface area contributed by atoms with E-state index in [1.807, 2.05) is 66.7 Å². The van der Waals surface area contributed by atoms with Crippen molar-refractivity contribution in [3.05, 3.63) is 108 Å². The first-order valence-electron chi connectivity index (χ1n) is 8.64. The van der Waals surface area contributed by atoms with Crippen molar-refractivity contribution in [3.63, 3.8) is 0 Å². The molecule has 3 aromatic carbocycles. The van der Waals surface area contributed by atoms with E-state index in [0.29, 0.717) is 17.0 Å². The third-order valence-electron chi connectivity index (χ3n) is 4.11. The molecule has 1 heterocycles. The molecule has 0 saturated heterocycles. The van der Waals surface area contributed by atoms with Crippen LogP contribution in [-0.2, 0) is 0 Å². The van der Waals surface area contributed by atoms with Crippen LogP contribution < -0.4 is 5.43 Å². The van der Waals surface area contributed by atoms with Crippen LogP contribution in [0.2, 0.25) is 0 Å². The van der Waals surface area contributed by atoms with Crippen LogP contribution in [0.25, 0.3) is 5.69 Å². The minimum absolute atomic E-state index is 0.351. The first-order valence-corrected chi connectivity index (χ1v) is 8.64. The zero-order valence-corrected chi connectivity index (χ0v) is 14.8. The average Bonchev–Trinajstić information content (AvgIpc) is 3.30. The van der Waals surface area contributed by atoms with E-state index in [1.54, 1.807) is 18.2 Å². The second-order valence-electron chi connectivity index (χ2n) is 5.90. The highest BCUT2D eigenvalue weighted by molar-refractivity contribution is 6.13. The highest BCUT2D eigenvalue weighted by Gasteiger charge is 2.14. The number of hydrogen-bond acceptors (Lipinski definition) is 5. The molecule has 0 fully saturated rings. The summed E-state index contributed by atoms with van der Waals surface area (Å²) in [5.74, 6) is -0.351. The highest BCUT2D eigenvalue weighted by Crippen LogP contribution is 2.14. The molecule has 0 saturated carbocycles. The molecule has 1 aromatic heterocycles. The number of para-hydroxylation sites is 1. The SMILES string of the molecule is O=C(NN=C(c1ccccc1)c1ccccc1)c1ccccc1-n1cnnn1. The van der Waals surface area contributed by atoms with E-state index < -0.39 is 0 Å². The number of rotatable bonds is 5. The molecule has 0 spiro atoms. The Hall–Kier alpha value is -4.13. The van der Waals surface area contributed by atoms with Crippen molar-refractivity contribution in [2.24, 2.45) is 5.10 Å². The molecule has 0 atom stereocenters. The van der Waals surface area contributed by atoms with Crippen LogP contribution in [0.1, 0.15) is 21.5 Å². The van der Waals surface area contributed by atoms with Gasteiger partial charge in [0.05, 0.1) is 17.0 Å². The molecular formula is C21H16N6O. The Balaban J connectivity index is 1.68. The maximum absolute atomic E-state index is 12.8. The van der Waals surface area contributed by atoms with Gasteiger partial charge in [0.25, 0.3) is 5.91 Å². The van der Waals surface area contributed by atoms with Crippen LogP contribution in [-0.4, -0.2) is 31.8 Å². The second kappa shape index (κ2) is 8.05. The van der Waals surface area contributed by atoms with E-state index in [4.69, 9.17) is 0 Å². The zero-order valence-electron chi connectivity index (χ0n) is 14.8. The van der Waals surface area contributed by atoms with Gasteiger partial charge in [-0.3, -0.25) is 4.79 Å². The van der Waals surface area contributed by atoms with Crippen molar-refractivity contribution in [3.8, 4) is 5.69 Å². The molecule has 7 heteroatoms. The van der Waals surface area contributed by atoms with Gasteiger partial charge in [0.15, 0.2) is 0 Å². The molecule has 1 N–H and O–H groups in total. The van der Waals surface area contributed by atoms with Crippen LogP contribution >= 0.6 is 0 Å². The van der Waals surface area contributed by atoms with Crippen molar-refractivity contribution in [2.45, 2.75) is 0 Å². The average molecular weight is 368 g/mol. The van der Waals surface area contributed by atoms with Gasteiger partial charge in [-0.05, 0) is 22.6 Å². The van der Waals surface area contributed by atoms with Gasteiger partial charge < -0.3 is 0 Å². The minimum atomic E-state index is -0.351. The van der Waals surface area contributed by atoms with E-state index in [0.717, 1.165) is 11.1 Å². The Morgan fingerprint density at radius 2 is 1.43 bits per heavy atom. The van der Waals surface area contributed by atoms with Gasteiger partial charge in [0.2, 0.25) is 0 Å². The second-order valence-corrected chi connectivity index (χ2v) is 5.90. The molecule has 0 bridgehead atoms. The van der Waals surface area contributed by atoms with E-state index in [-0.39, 0.29) is 5.91 Å². The molecule has 4 rings (SSSR count). The van der Waals surface area contributed by atoms with Gasteiger partial charge in [0.1, 0.15) is 6.33 Å². The summed E-state index contributed by atoms with van der Waals surface area (Å²) in [5.41, 5.74) is 6.14. The summed E-state index contributed by atoms with van der Waals surface area (Å²) in [5, 5.41) is 15.5. The van der Waals surface area contributed by atoms with Crippen molar-refractivity contribution in [1.29, 1.82) is 0 Å². The molecule has 0 radical (unpaired) electrons. The summed E-state index contributed by atoms with van der Waals surface area (Å²) in [6.07, 6.45) is 1.44. The summed E-state index contributed by atoms with van der Waals surface area (Å²) in [6.45, 7) is 0. The smallest absolute Gasteiger partial charge is 0.267 e. The number of nitrogens with one attached hydrogen (secondary N) is 1. The number of hydrazone groups is 1. The number of tetrazole rings is 1. The fraction of sp³-hybridized carbons (Fsp3) is 0. The fourth-order valence-corrected chi connectivity index (χ4v) is 2.79. The van der Waals surface area contributed by atoms with Crippen LogP contribution in [0.5, 0.6) is 0 Å². The van der Waals surface area contributed by atoms with Gasteiger partial charge in [-0.2, -0.15) is 9.78 Å². The van der Waals surface area contributed by atoms with Gasteiger partial charge in [-0.25, -0.2) is 5.43 Å². The molecule has 28 heavy (non-hydrogen) atoms. The number of hydrogen-bond donors (Lipinski definition) is 1. The first kappa shape index (κ1) is 17.3. The maximum Gasteiger partial charge on any atom is 0.273 e. The van der Waals surface area contributed by atoms with E-state index in [2.05, 4.69) is 26.1 Å². The van der Waals surface area contributed by atoms with Crippen molar-refractivity contribution in [2.75, 3.05) is 0 Å². The Morgan fingerprint density at radius 3 is 2.04 bits per heavy atom. The lowest BCUT2D eigenvalue weighted by Crippen LogP contribution is -2.22. The lowest BCUT2D eigenvalue weighted by Gasteiger charge is -2.10. The maximum atomic E-state index is 12.8. The van der Waals surface area contributed by atoms with Gasteiger partial charge >= 0.3 is 0 Å². The Morgan fingerprint density at radius 1 is 0.821 bits per heavy atom. The number of nitrogens with zero attached hydrogens (tertiary/aromatic N) is 5. The highest BCUT2D eigenvalue weighted by atomic mass is 16.2.